The van der Waals surface area contributed by atoms with Gasteiger partial charge in [-0.15, -0.1) is 0 Å². The lowest BCUT2D eigenvalue weighted by molar-refractivity contribution is 0.130. The Morgan fingerprint density at radius 2 is 2.23 bits per heavy atom. The molecule has 0 aliphatic carbocycles. The third kappa shape index (κ3) is 2.29. The summed E-state index contributed by atoms with van der Waals surface area (Å²) >= 11 is 0. The van der Waals surface area contributed by atoms with Gasteiger partial charge in [0.25, 0.3) is 0 Å². The van der Waals surface area contributed by atoms with E-state index in [1.165, 1.54) is 0 Å². The van der Waals surface area contributed by atoms with Crippen molar-refractivity contribution in [3.63, 3.8) is 0 Å². The maximum Gasteiger partial charge on any atom is 0.108 e. The summed E-state index contributed by atoms with van der Waals surface area (Å²) in [5.74, 6) is 0. The number of aromatic nitrogens is 2. The Labute approximate surface area is 78.8 Å². The summed E-state index contributed by atoms with van der Waals surface area (Å²) in [4.78, 5) is 1.96. The van der Waals surface area contributed by atoms with Crippen LogP contribution in [0.4, 0.5) is 0 Å². The Hall–Kier alpha value is -0.870. The van der Waals surface area contributed by atoms with Crippen molar-refractivity contribution in [3.05, 3.63) is 17.5 Å². The third-order valence-corrected chi connectivity index (χ3v) is 2.03. The van der Waals surface area contributed by atoms with Gasteiger partial charge in [0.2, 0.25) is 0 Å². The molecule has 74 valence electrons. The predicted molar refractivity (Wildman–Crippen MR) is 51.5 cm³/mol. The SMILES string of the molecule is Cc1cnn(C)c1C(O)CN(C)C. The zero-order valence-electron chi connectivity index (χ0n) is 8.65. The van der Waals surface area contributed by atoms with Gasteiger partial charge in [0.15, 0.2) is 0 Å². The Morgan fingerprint density at radius 3 is 2.62 bits per heavy atom. The van der Waals surface area contributed by atoms with Gasteiger partial charge in [-0.2, -0.15) is 5.10 Å². The molecule has 0 aromatic carbocycles. The molecule has 0 saturated carbocycles. The highest BCUT2D eigenvalue weighted by Crippen LogP contribution is 2.16. The van der Waals surface area contributed by atoms with Crippen molar-refractivity contribution in [1.29, 1.82) is 0 Å². The molecule has 4 heteroatoms. The van der Waals surface area contributed by atoms with Gasteiger partial charge in [-0.1, -0.05) is 0 Å². The smallest absolute Gasteiger partial charge is 0.108 e. The first-order valence-corrected chi connectivity index (χ1v) is 4.33. The second-order valence-corrected chi connectivity index (χ2v) is 3.61. The maximum absolute atomic E-state index is 9.84. The van der Waals surface area contributed by atoms with E-state index < -0.39 is 6.10 Å². The average molecular weight is 183 g/mol. The van der Waals surface area contributed by atoms with Crippen LogP contribution in [-0.2, 0) is 7.05 Å². The van der Waals surface area contributed by atoms with Crippen molar-refractivity contribution >= 4 is 0 Å². The van der Waals surface area contributed by atoms with Gasteiger partial charge in [-0.3, -0.25) is 4.68 Å². The fourth-order valence-electron chi connectivity index (χ4n) is 1.47. The van der Waals surface area contributed by atoms with Crippen molar-refractivity contribution < 1.29 is 5.11 Å². The van der Waals surface area contributed by atoms with E-state index in [9.17, 15) is 5.11 Å². The van der Waals surface area contributed by atoms with E-state index >= 15 is 0 Å². The molecule has 1 N–H and O–H groups in total. The monoisotopic (exact) mass is 183 g/mol. The van der Waals surface area contributed by atoms with E-state index in [0.717, 1.165) is 11.3 Å². The normalized spacial score (nSPS) is 13.7. The molecular formula is C9H17N3O. The fraction of sp³-hybridized carbons (Fsp3) is 0.667. The first-order chi connectivity index (χ1) is 6.02. The summed E-state index contributed by atoms with van der Waals surface area (Å²) in [5.41, 5.74) is 1.94. The molecule has 1 heterocycles. The number of aliphatic hydroxyl groups is 1. The summed E-state index contributed by atoms with van der Waals surface area (Å²) < 4.78 is 1.73. The zero-order chi connectivity index (χ0) is 10.0. The van der Waals surface area contributed by atoms with Crippen molar-refractivity contribution in [1.82, 2.24) is 14.7 Å². The largest absolute Gasteiger partial charge is 0.385 e. The Kier molecular flexibility index (Phi) is 3.06. The van der Waals surface area contributed by atoms with Gasteiger partial charge in [0.1, 0.15) is 6.10 Å². The van der Waals surface area contributed by atoms with Crippen molar-refractivity contribution in [3.8, 4) is 0 Å². The first-order valence-electron chi connectivity index (χ1n) is 4.33. The van der Waals surface area contributed by atoms with E-state index in [2.05, 4.69) is 5.10 Å². The molecule has 1 rings (SSSR count). The Morgan fingerprint density at radius 1 is 1.62 bits per heavy atom. The molecule has 0 saturated heterocycles. The number of hydrogen-bond donors (Lipinski definition) is 1. The van der Waals surface area contributed by atoms with E-state index in [4.69, 9.17) is 0 Å². The van der Waals surface area contributed by atoms with Crippen LogP contribution in [0.3, 0.4) is 0 Å². The van der Waals surface area contributed by atoms with Crippen LogP contribution in [0.2, 0.25) is 0 Å². The number of rotatable bonds is 3. The minimum atomic E-state index is -0.456. The minimum Gasteiger partial charge on any atom is -0.385 e. The molecule has 0 aliphatic rings. The second-order valence-electron chi connectivity index (χ2n) is 3.61. The fourth-order valence-corrected chi connectivity index (χ4v) is 1.47. The molecule has 1 atom stereocenters. The number of aryl methyl sites for hydroxylation is 2. The summed E-state index contributed by atoms with van der Waals surface area (Å²) in [7, 11) is 5.73. The van der Waals surface area contributed by atoms with Crippen molar-refractivity contribution in [2.45, 2.75) is 13.0 Å². The van der Waals surface area contributed by atoms with E-state index in [1.54, 1.807) is 10.9 Å². The standard InChI is InChI=1S/C9H17N3O/c1-7-5-10-12(4)9(7)8(13)6-11(2)3/h5,8,13H,6H2,1-4H3. The summed E-state index contributed by atoms with van der Waals surface area (Å²) in [6.45, 7) is 2.58. The Balaban J connectivity index is 2.81. The van der Waals surface area contributed by atoms with Crippen LogP contribution >= 0.6 is 0 Å². The van der Waals surface area contributed by atoms with E-state index in [-0.39, 0.29) is 0 Å². The third-order valence-electron chi connectivity index (χ3n) is 2.03. The summed E-state index contributed by atoms with van der Waals surface area (Å²) in [6, 6.07) is 0. The minimum absolute atomic E-state index is 0.456. The molecule has 0 radical (unpaired) electrons. The van der Waals surface area contributed by atoms with Crippen LogP contribution in [0.25, 0.3) is 0 Å². The topological polar surface area (TPSA) is 41.3 Å². The van der Waals surface area contributed by atoms with Crippen LogP contribution < -0.4 is 0 Å². The van der Waals surface area contributed by atoms with E-state index in [1.807, 2.05) is 33.0 Å². The number of likely N-dealkylation sites (N-methyl/N-ethyl adjacent to an activating group) is 1. The molecule has 4 nitrogen and oxygen atoms in total. The molecule has 0 spiro atoms. The van der Waals surface area contributed by atoms with Crippen LogP contribution in [0.15, 0.2) is 6.20 Å². The molecule has 0 aliphatic heterocycles. The first kappa shape index (κ1) is 10.2. The van der Waals surface area contributed by atoms with Gasteiger partial charge in [-0.05, 0) is 26.6 Å². The highest BCUT2D eigenvalue weighted by molar-refractivity contribution is 5.18. The highest BCUT2D eigenvalue weighted by Gasteiger charge is 2.15. The van der Waals surface area contributed by atoms with Crippen LogP contribution in [0, 0.1) is 6.92 Å². The lowest BCUT2D eigenvalue weighted by Crippen LogP contribution is -2.22. The van der Waals surface area contributed by atoms with Gasteiger partial charge in [0.05, 0.1) is 11.9 Å². The second kappa shape index (κ2) is 3.89. The highest BCUT2D eigenvalue weighted by atomic mass is 16.3. The molecule has 0 amide bonds. The molecule has 13 heavy (non-hydrogen) atoms. The molecule has 1 unspecified atom stereocenters. The average Bonchev–Trinajstić information content (AvgIpc) is 2.29. The number of nitrogens with zero attached hydrogens (tertiary/aromatic N) is 3. The van der Waals surface area contributed by atoms with E-state index in [0.29, 0.717) is 6.54 Å². The van der Waals surface area contributed by atoms with Gasteiger partial charge in [-0.25, -0.2) is 0 Å². The molecular weight excluding hydrogens is 166 g/mol. The lowest BCUT2D eigenvalue weighted by Gasteiger charge is -2.16. The van der Waals surface area contributed by atoms with Crippen LogP contribution in [0.5, 0.6) is 0 Å². The molecule has 1 aromatic rings. The van der Waals surface area contributed by atoms with Gasteiger partial charge < -0.3 is 10.0 Å². The molecule has 0 bridgehead atoms. The van der Waals surface area contributed by atoms with Crippen molar-refractivity contribution in [2.24, 2.45) is 7.05 Å². The number of aliphatic hydroxyl groups excluding tert-OH is 1. The predicted octanol–water partition coefficient (Wildman–Crippen LogP) is 0.324. The van der Waals surface area contributed by atoms with Crippen LogP contribution in [0.1, 0.15) is 17.4 Å². The summed E-state index contributed by atoms with van der Waals surface area (Å²) in [6.07, 6.45) is 1.32. The quantitative estimate of drug-likeness (QED) is 0.734. The molecule has 0 fully saturated rings. The van der Waals surface area contributed by atoms with Crippen LogP contribution in [-0.4, -0.2) is 40.4 Å². The van der Waals surface area contributed by atoms with Crippen molar-refractivity contribution in [2.75, 3.05) is 20.6 Å². The molecule has 1 aromatic heterocycles. The summed E-state index contributed by atoms with van der Waals surface area (Å²) in [5, 5.41) is 13.9. The van der Waals surface area contributed by atoms with Gasteiger partial charge in [0, 0.05) is 13.6 Å². The zero-order valence-corrected chi connectivity index (χ0v) is 8.65. The Bertz CT molecular complexity index is 261. The number of hydrogen-bond acceptors (Lipinski definition) is 3. The lowest BCUT2D eigenvalue weighted by atomic mass is 10.1. The van der Waals surface area contributed by atoms with Gasteiger partial charge >= 0.3 is 0 Å². The maximum atomic E-state index is 9.84.